The fourth-order valence-corrected chi connectivity index (χ4v) is 6.16. The maximum atomic E-state index is 12.4. The first-order valence-electron chi connectivity index (χ1n) is 12.2. The van der Waals surface area contributed by atoms with Gasteiger partial charge in [-0.05, 0) is 49.9 Å². The van der Waals surface area contributed by atoms with E-state index >= 15 is 0 Å². The zero-order chi connectivity index (χ0) is 30.3. The number of hydrogen-bond acceptors (Lipinski definition) is 8. The number of carbonyl (C=O) groups is 4. The zero-order valence-electron chi connectivity index (χ0n) is 24.4. The van der Waals surface area contributed by atoms with Gasteiger partial charge in [0.05, 0.1) is 12.6 Å². The van der Waals surface area contributed by atoms with Crippen molar-refractivity contribution in [1.82, 2.24) is 9.55 Å². The molecule has 2 unspecified atom stereocenters. The van der Waals surface area contributed by atoms with Crippen LogP contribution in [0.25, 0.3) is 0 Å². The number of ether oxygens (including phenoxy) is 1. The standard InChI is InChI=1S/C24H38N2O5Si.3CH2O.Fe/c1-9-30-21(27)11-10-18-12-20(26-14-17(4)22(28)25-23(26)29)13-19(18)15-31-32(7,8)24(5,6)16(2)3;3*1-2;/h10-12,14,16,19-20H,9,13,15H2,1-8H3,(H,25,28,29);3*1H2;. The van der Waals surface area contributed by atoms with Gasteiger partial charge in [0.1, 0.15) is 20.4 Å². The van der Waals surface area contributed by atoms with Crippen LogP contribution >= 0.6 is 0 Å². The van der Waals surface area contributed by atoms with Crippen molar-refractivity contribution in [3.63, 3.8) is 0 Å². The van der Waals surface area contributed by atoms with Crippen molar-refractivity contribution in [2.45, 2.75) is 72.1 Å². The van der Waals surface area contributed by atoms with Crippen molar-refractivity contribution < 1.29 is 45.4 Å². The number of hydrogen-bond donors (Lipinski definition) is 1. The summed E-state index contributed by atoms with van der Waals surface area (Å²) in [5.41, 5.74) is 0.603. The van der Waals surface area contributed by atoms with Crippen LogP contribution in [0.3, 0.4) is 0 Å². The summed E-state index contributed by atoms with van der Waals surface area (Å²) in [5.74, 6) is 0.116. The molecule has 0 bridgehead atoms. The number of esters is 1. The van der Waals surface area contributed by atoms with Gasteiger partial charge in [-0.1, -0.05) is 39.8 Å². The molecule has 1 N–H and O–H groups in total. The predicted molar refractivity (Wildman–Crippen MR) is 151 cm³/mol. The molecule has 1 heterocycles. The van der Waals surface area contributed by atoms with E-state index < -0.39 is 20.0 Å². The summed E-state index contributed by atoms with van der Waals surface area (Å²) in [6.07, 6.45) is 7.41. The Balaban J connectivity index is -0.00000173. The molecule has 1 aliphatic rings. The van der Waals surface area contributed by atoms with E-state index in [2.05, 4.69) is 45.8 Å². The van der Waals surface area contributed by atoms with Crippen LogP contribution < -0.4 is 11.2 Å². The molecule has 1 aromatic heterocycles. The van der Waals surface area contributed by atoms with Gasteiger partial charge in [0.15, 0.2) is 8.32 Å². The Labute approximate surface area is 242 Å². The van der Waals surface area contributed by atoms with Crippen molar-refractivity contribution in [2.24, 2.45) is 11.8 Å². The summed E-state index contributed by atoms with van der Waals surface area (Å²) < 4.78 is 13.1. The fourth-order valence-electron chi connectivity index (χ4n) is 3.78. The number of carbonyl (C=O) groups excluding carboxylic acids is 4. The van der Waals surface area contributed by atoms with E-state index in [4.69, 9.17) is 23.5 Å². The molecular weight excluding hydrogens is 564 g/mol. The fraction of sp³-hybridized carbons (Fsp3) is 0.556. The van der Waals surface area contributed by atoms with E-state index in [0.717, 1.165) is 5.57 Å². The zero-order valence-corrected chi connectivity index (χ0v) is 26.5. The summed E-state index contributed by atoms with van der Waals surface area (Å²) in [6, 6.07) is -0.226. The number of rotatable bonds is 9. The molecule has 1 aliphatic carbocycles. The number of aryl methyl sites for hydroxylation is 1. The topological polar surface area (TPSA) is 142 Å². The van der Waals surface area contributed by atoms with E-state index in [0.29, 0.717) is 31.1 Å². The van der Waals surface area contributed by atoms with Crippen LogP contribution in [0.5, 0.6) is 0 Å². The van der Waals surface area contributed by atoms with Gasteiger partial charge in [-0.25, -0.2) is 9.59 Å². The van der Waals surface area contributed by atoms with E-state index in [1.165, 1.54) is 6.08 Å². The molecule has 0 aliphatic heterocycles. The second-order valence-corrected chi connectivity index (χ2v) is 14.5. The van der Waals surface area contributed by atoms with Crippen LogP contribution in [0.2, 0.25) is 18.1 Å². The number of nitrogens with one attached hydrogen (secondary N) is 1. The van der Waals surface area contributed by atoms with E-state index in [1.807, 2.05) is 26.4 Å². The second-order valence-electron chi connectivity index (χ2n) is 9.93. The third kappa shape index (κ3) is 11.5. The van der Waals surface area contributed by atoms with E-state index in [1.54, 1.807) is 30.7 Å². The van der Waals surface area contributed by atoms with Crippen LogP contribution in [-0.2, 0) is 45.4 Å². The maximum absolute atomic E-state index is 12.4. The largest absolute Gasteiger partial charge is 0.463 e. The summed E-state index contributed by atoms with van der Waals surface area (Å²) >= 11 is 0. The number of nitrogens with zero attached hydrogens (tertiary/aromatic N) is 1. The van der Waals surface area contributed by atoms with E-state index in [-0.39, 0.29) is 39.6 Å². The van der Waals surface area contributed by atoms with Crippen LogP contribution in [0.1, 0.15) is 52.6 Å². The van der Waals surface area contributed by atoms with Crippen molar-refractivity contribution in [2.75, 3.05) is 13.2 Å². The van der Waals surface area contributed by atoms with Crippen molar-refractivity contribution >= 4 is 34.7 Å². The minimum Gasteiger partial charge on any atom is -0.463 e. The van der Waals surface area contributed by atoms with Crippen molar-refractivity contribution in [1.29, 1.82) is 0 Å². The molecule has 2 atom stereocenters. The van der Waals surface area contributed by atoms with Crippen LogP contribution in [0.4, 0.5) is 0 Å². The number of H-pyrrole nitrogens is 1. The van der Waals surface area contributed by atoms with Gasteiger partial charge in [0.2, 0.25) is 0 Å². The minimum atomic E-state index is -2.04. The summed E-state index contributed by atoms with van der Waals surface area (Å²) in [7, 11) is -2.04. The summed E-state index contributed by atoms with van der Waals surface area (Å²) in [5, 5.41) is 0.0859. The molecule has 0 aromatic carbocycles. The normalized spacial score (nSPS) is 16.4. The summed E-state index contributed by atoms with van der Waals surface area (Å²) in [6.45, 7) is 23.7. The molecule has 222 valence electrons. The van der Waals surface area contributed by atoms with Gasteiger partial charge in [-0.15, -0.1) is 0 Å². The average molecular weight is 609 g/mol. The second kappa shape index (κ2) is 19.4. The summed E-state index contributed by atoms with van der Waals surface area (Å²) in [4.78, 5) is 62.4. The van der Waals surface area contributed by atoms with Crippen molar-refractivity contribution in [3.8, 4) is 0 Å². The SMILES string of the molecule is C=O.C=O.C=O.CCOC(=O)C=CC1=CC(n2cc(C)c(=O)[nH]c2=O)CC1CO[Si](C)(C)C(C)(C)C(C)C.[Fe]. The number of aromatic amines is 1. The Hall–Kier alpha value is -2.66. The molecule has 0 saturated heterocycles. The number of aromatic nitrogens is 2. The Morgan fingerprint density at radius 1 is 1.18 bits per heavy atom. The average Bonchev–Trinajstić information content (AvgIpc) is 3.30. The molecule has 0 spiro atoms. The molecule has 0 amide bonds. The van der Waals surface area contributed by atoms with Crippen LogP contribution in [-0.4, -0.2) is 57.4 Å². The Bertz CT molecular complexity index is 1060. The third-order valence-electron chi connectivity index (χ3n) is 7.22. The predicted octanol–water partition coefficient (Wildman–Crippen LogP) is 3.55. The molecule has 0 fully saturated rings. The van der Waals surface area contributed by atoms with Gasteiger partial charge >= 0.3 is 11.7 Å². The molecular formula is C27H44FeN2O8Si. The van der Waals surface area contributed by atoms with Gasteiger partial charge in [0, 0.05) is 47.4 Å². The number of allylic oxidation sites excluding steroid dienone is 2. The molecule has 10 nitrogen and oxygen atoms in total. The molecule has 0 radical (unpaired) electrons. The third-order valence-corrected chi connectivity index (χ3v) is 11.8. The maximum Gasteiger partial charge on any atom is 0.330 e. The van der Waals surface area contributed by atoms with E-state index in [9.17, 15) is 14.4 Å². The molecule has 12 heteroatoms. The molecule has 39 heavy (non-hydrogen) atoms. The first kappa shape index (κ1) is 40.8. The van der Waals surface area contributed by atoms with Gasteiger partial charge in [0.25, 0.3) is 5.56 Å². The first-order chi connectivity index (χ1) is 17.8. The smallest absolute Gasteiger partial charge is 0.330 e. The Morgan fingerprint density at radius 3 is 2.21 bits per heavy atom. The van der Waals surface area contributed by atoms with Gasteiger partial charge in [-0.3, -0.25) is 14.3 Å². The van der Waals surface area contributed by atoms with Crippen molar-refractivity contribution in [3.05, 3.63) is 56.4 Å². The van der Waals surface area contributed by atoms with Crippen LogP contribution in [0.15, 0.2) is 39.6 Å². The quantitative estimate of drug-likeness (QED) is 0.255. The van der Waals surface area contributed by atoms with Gasteiger partial charge < -0.3 is 23.5 Å². The minimum absolute atomic E-state index is 0. The Morgan fingerprint density at radius 2 is 1.72 bits per heavy atom. The molecule has 0 saturated carbocycles. The Kier molecular flexibility index (Phi) is 20.3. The first-order valence-corrected chi connectivity index (χ1v) is 15.1. The van der Waals surface area contributed by atoms with Gasteiger partial charge in [-0.2, -0.15) is 0 Å². The molecule has 2 rings (SSSR count). The van der Waals surface area contributed by atoms with Crippen LogP contribution in [0, 0.1) is 18.8 Å². The monoisotopic (exact) mass is 608 g/mol. The molecule has 1 aromatic rings.